The number of amides is 1. The molecule has 1 amide bonds. The zero-order valence-corrected chi connectivity index (χ0v) is 10.4. The van der Waals surface area contributed by atoms with Crippen molar-refractivity contribution in [1.29, 1.82) is 0 Å². The first-order chi connectivity index (χ1) is 9.24. The van der Waals surface area contributed by atoms with E-state index in [1.165, 1.54) is 0 Å². The van der Waals surface area contributed by atoms with Crippen LogP contribution in [0.5, 0.6) is 0 Å². The standard InChI is InChI=1S/C15H12N2O2/c1-10-5-6-14(19-10)15(18)17-13-4-2-3-11-9-16-8-7-12(11)13/h2-9H,1H3,(H,17,18). The molecule has 0 bridgehead atoms. The molecule has 94 valence electrons. The molecule has 0 fully saturated rings. The number of furan rings is 1. The molecular formula is C15H12N2O2. The molecule has 1 N–H and O–H groups in total. The fraction of sp³-hybridized carbons (Fsp3) is 0.0667. The molecular weight excluding hydrogens is 240 g/mol. The van der Waals surface area contributed by atoms with Gasteiger partial charge in [0.2, 0.25) is 0 Å². The summed E-state index contributed by atoms with van der Waals surface area (Å²) in [6.07, 6.45) is 3.47. The van der Waals surface area contributed by atoms with Crippen LogP contribution in [-0.4, -0.2) is 10.9 Å². The number of aromatic nitrogens is 1. The second-order valence-corrected chi connectivity index (χ2v) is 4.27. The van der Waals surface area contributed by atoms with Crippen LogP contribution in [-0.2, 0) is 0 Å². The summed E-state index contributed by atoms with van der Waals surface area (Å²) in [4.78, 5) is 16.1. The molecule has 0 saturated heterocycles. The van der Waals surface area contributed by atoms with E-state index in [0.717, 1.165) is 16.5 Å². The van der Waals surface area contributed by atoms with Crippen LogP contribution in [0.25, 0.3) is 10.8 Å². The number of hydrogen-bond acceptors (Lipinski definition) is 3. The van der Waals surface area contributed by atoms with Crippen molar-refractivity contribution in [2.45, 2.75) is 6.92 Å². The Morgan fingerprint density at radius 3 is 2.89 bits per heavy atom. The van der Waals surface area contributed by atoms with Gasteiger partial charge in [-0.2, -0.15) is 0 Å². The number of fused-ring (bicyclic) bond motifs is 1. The molecule has 2 heterocycles. The number of carbonyl (C=O) groups excluding carboxylic acids is 1. The van der Waals surface area contributed by atoms with Crippen LogP contribution in [0.4, 0.5) is 5.69 Å². The molecule has 4 heteroatoms. The highest BCUT2D eigenvalue weighted by atomic mass is 16.3. The molecule has 1 aromatic carbocycles. The summed E-state index contributed by atoms with van der Waals surface area (Å²) in [5.74, 6) is 0.772. The monoisotopic (exact) mass is 252 g/mol. The lowest BCUT2D eigenvalue weighted by Crippen LogP contribution is -2.11. The Morgan fingerprint density at radius 2 is 2.11 bits per heavy atom. The molecule has 3 aromatic rings. The van der Waals surface area contributed by atoms with Gasteiger partial charge >= 0.3 is 0 Å². The number of hydrogen-bond donors (Lipinski definition) is 1. The Labute approximate surface area is 110 Å². The lowest BCUT2D eigenvalue weighted by Gasteiger charge is -2.06. The number of carbonyl (C=O) groups is 1. The number of anilines is 1. The summed E-state index contributed by atoms with van der Waals surface area (Å²) < 4.78 is 5.31. The van der Waals surface area contributed by atoms with Crippen LogP contribution >= 0.6 is 0 Å². The van der Waals surface area contributed by atoms with E-state index < -0.39 is 0 Å². The average Bonchev–Trinajstić information content (AvgIpc) is 2.86. The van der Waals surface area contributed by atoms with E-state index in [0.29, 0.717) is 11.5 Å². The third-order valence-electron chi connectivity index (χ3n) is 2.89. The molecule has 0 saturated carbocycles. The Hall–Kier alpha value is -2.62. The van der Waals surface area contributed by atoms with Crippen molar-refractivity contribution in [3.63, 3.8) is 0 Å². The SMILES string of the molecule is Cc1ccc(C(=O)Nc2cccc3cnccc23)o1. The Bertz CT molecular complexity index is 741. The average molecular weight is 252 g/mol. The highest BCUT2D eigenvalue weighted by molar-refractivity contribution is 6.07. The summed E-state index contributed by atoms with van der Waals surface area (Å²) in [5.41, 5.74) is 0.749. The Balaban J connectivity index is 1.95. The van der Waals surface area contributed by atoms with E-state index in [1.54, 1.807) is 31.5 Å². The van der Waals surface area contributed by atoms with Gasteiger partial charge in [-0.15, -0.1) is 0 Å². The number of benzene rings is 1. The maximum atomic E-state index is 12.1. The third kappa shape index (κ3) is 2.20. The largest absolute Gasteiger partial charge is 0.456 e. The van der Waals surface area contributed by atoms with Gasteiger partial charge in [-0.3, -0.25) is 9.78 Å². The quantitative estimate of drug-likeness (QED) is 0.760. The van der Waals surface area contributed by atoms with Crippen molar-refractivity contribution >= 4 is 22.4 Å². The number of nitrogens with zero attached hydrogens (tertiary/aromatic N) is 1. The summed E-state index contributed by atoms with van der Waals surface area (Å²) in [7, 11) is 0. The van der Waals surface area contributed by atoms with Gasteiger partial charge in [0, 0.05) is 28.9 Å². The zero-order valence-electron chi connectivity index (χ0n) is 10.4. The van der Waals surface area contributed by atoms with Crippen molar-refractivity contribution < 1.29 is 9.21 Å². The molecule has 0 aliphatic heterocycles. The molecule has 0 aliphatic carbocycles. The van der Waals surface area contributed by atoms with Crippen LogP contribution in [0.1, 0.15) is 16.3 Å². The first-order valence-electron chi connectivity index (χ1n) is 5.94. The van der Waals surface area contributed by atoms with E-state index in [1.807, 2.05) is 24.3 Å². The molecule has 3 rings (SSSR count). The van der Waals surface area contributed by atoms with Crippen molar-refractivity contribution in [1.82, 2.24) is 4.98 Å². The van der Waals surface area contributed by atoms with Crippen LogP contribution in [0.2, 0.25) is 0 Å². The third-order valence-corrected chi connectivity index (χ3v) is 2.89. The number of nitrogens with one attached hydrogen (secondary N) is 1. The highest BCUT2D eigenvalue weighted by Crippen LogP contribution is 2.22. The van der Waals surface area contributed by atoms with Gasteiger partial charge in [-0.25, -0.2) is 0 Å². The van der Waals surface area contributed by atoms with Gasteiger partial charge in [0.25, 0.3) is 5.91 Å². The highest BCUT2D eigenvalue weighted by Gasteiger charge is 2.11. The normalized spacial score (nSPS) is 10.6. The predicted molar refractivity (Wildman–Crippen MR) is 73.1 cm³/mol. The molecule has 19 heavy (non-hydrogen) atoms. The van der Waals surface area contributed by atoms with Gasteiger partial charge in [-0.1, -0.05) is 12.1 Å². The number of aryl methyl sites for hydroxylation is 1. The van der Waals surface area contributed by atoms with E-state index >= 15 is 0 Å². The number of pyridine rings is 1. The van der Waals surface area contributed by atoms with Crippen molar-refractivity contribution in [2.24, 2.45) is 0 Å². The predicted octanol–water partition coefficient (Wildman–Crippen LogP) is 3.39. The smallest absolute Gasteiger partial charge is 0.291 e. The summed E-state index contributed by atoms with van der Waals surface area (Å²) in [6, 6.07) is 11.0. The van der Waals surface area contributed by atoms with E-state index in [9.17, 15) is 4.79 Å². The minimum atomic E-state index is -0.252. The van der Waals surface area contributed by atoms with Crippen LogP contribution in [0.15, 0.2) is 53.2 Å². The fourth-order valence-electron chi connectivity index (χ4n) is 1.97. The molecule has 4 nitrogen and oxygen atoms in total. The topological polar surface area (TPSA) is 55.1 Å². The summed E-state index contributed by atoms with van der Waals surface area (Å²) >= 11 is 0. The van der Waals surface area contributed by atoms with Crippen LogP contribution in [0, 0.1) is 6.92 Å². The molecule has 0 radical (unpaired) electrons. The Morgan fingerprint density at radius 1 is 1.21 bits per heavy atom. The maximum absolute atomic E-state index is 12.1. The molecule has 0 atom stereocenters. The van der Waals surface area contributed by atoms with Gasteiger partial charge in [-0.05, 0) is 31.2 Å². The lowest BCUT2D eigenvalue weighted by atomic mass is 10.1. The minimum absolute atomic E-state index is 0.252. The second kappa shape index (κ2) is 4.57. The molecule has 0 spiro atoms. The number of rotatable bonds is 2. The van der Waals surface area contributed by atoms with E-state index in [-0.39, 0.29) is 5.91 Å². The van der Waals surface area contributed by atoms with E-state index in [4.69, 9.17) is 4.42 Å². The molecule has 0 aliphatic rings. The second-order valence-electron chi connectivity index (χ2n) is 4.27. The fourth-order valence-corrected chi connectivity index (χ4v) is 1.97. The minimum Gasteiger partial charge on any atom is -0.456 e. The van der Waals surface area contributed by atoms with Crippen molar-refractivity contribution in [2.75, 3.05) is 5.32 Å². The molecule has 2 aromatic heterocycles. The van der Waals surface area contributed by atoms with Gasteiger partial charge in [0.05, 0.1) is 0 Å². The van der Waals surface area contributed by atoms with Gasteiger partial charge in [0.15, 0.2) is 5.76 Å². The summed E-state index contributed by atoms with van der Waals surface area (Å²) in [6.45, 7) is 1.81. The first kappa shape index (κ1) is 11.5. The zero-order chi connectivity index (χ0) is 13.2. The van der Waals surface area contributed by atoms with Crippen LogP contribution in [0.3, 0.4) is 0 Å². The van der Waals surface area contributed by atoms with Gasteiger partial charge in [0.1, 0.15) is 5.76 Å². The van der Waals surface area contributed by atoms with Crippen molar-refractivity contribution in [3.05, 3.63) is 60.3 Å². The first-order valence-corrected chi connectivity index (χ1v) is 5.94. The van der Waals surface area contributed by atoms with Gasteiger partial charge < -0.3 is 9.73 Å². The Kier molecular flexibility index (Phi) is 2.76. The maximum Gasteiger partial charge on any atom is 0.291 e. The molecule has 0 unspecified atom stereocenters. The van der Waals surface area contributed by atoms with E-state index in [2.05, 4.69) is 10.3 Å². The summed E-state index contributed by atoms with van der Waals surface area (Å²) in [5, 5.41) is 4.79. The van der Waals surface area contributed by atoms with Crippen LogP contribution < -0.4 is 5.32 Å². The lowest BCUT2D eigenvalue weighted by molar-refractivity contribution is 0.0995. The van der Waals surface area contributed by atoms with Crippen molar-refractivity contribution in [3.8, 4) is 0 Å².